The van der Waals surface area contributed by atoms with Gasteiger partial charge in [-0.2, -0.15) is 0 Å². The lowest BCUT2D eigenvalue weighted by atomic mass is 10.0. The quantitative estimate of drug-likeness (QED) is 0.733. The molecule has 0 fully saturated rings. The van der Waals surface area contributed by atoms with Crippen LogP contribution in [0.1, 0.15) is 25.0 Å². The predicted octanol–water partition coefficient (Wildman–Crippen LogP) is 3.75. The van der Waals surface area contributed by atoms with Crippen LogP contribution in [-0.4, -0.2) is 5.78 Å². The Labute approximate surface area is 93.0 Å². The van der Waals surface area contributed by atoms with E-state index in [1.807, 2.05) is 32.0 Å². The van der Waals surface area contributed by atoms with Gasteiger partial charge in [-0.15, -0.1) is 0 Å². The second-order valence-electron chi connectivity index (χ2n) is 3.40. The van der Waals surface area contributed by atoms with Gasteiger partial charge in [-0.05, 0) is 55.7 Å². The molecule has 14 heavy (non-hydrogen) atoms. The topological polar surface area (TPSA) is 17.1 Å². The largest absolute Gasteiger partial charge is 0.295 e. The number of ketones is 1. The van der Waals surface area contributed by atoms with Gasteiger partial charge in [-0.3, -0.25) is 4.79 Å². The summed E-state index contributed by atoms with van der Waals surface area (Å²) in [5.41, 5.74) is 3.32. The Kier molecular flexibility index (Phi) is 3.64. The minimum atomic E-state index is 0.0878. The summed E-state index contributed by atoms with van der Waals surface area (Å²) in [7, 11) is 0. The van der Waals surface area contributed by atoms with Crippen LogP contribution < -0.4 is 0 Å². The van der Waals surface area contributed by atoms with E-state index >= 15 is 0 Å². The van der Waals surface area contributed by atoms with E-state index in [-0.39, 0.29) is 5.78 Å². The van der Waals surface area contributed by atoms with Crippen LogP contribution in [0.3, 0.4) is 0 Å². The number of benzene rings is 1. The zero-order valence-corrected chi connectivity index (χ0v) is 10.2. The molecule has 0 radical (unpaired) electrons. The number of carbonyl (C=O) groups is 1. The number of halogens is 1. The van der Waals surface area contributed by atoms with Gasteiger partial charge < -0.3 is 0 Å². The predicted molar refractivity (Wildman–Crippen MR) is 63.2 cm³/mol. The molecule has 0 heterocycles. The molecule has 0 spiro atoms. The Hall–Kier alpha value is -0.890. The molecular formula is C12H13BrO. The molecule has 0 saturated carbocycles. The molecule has 0 aliphatic rings. The lowest BCUT2D eigenvalue weighted by molar-refractivity contribution is -0.112. The van der Waals surface area contributed by atoms with E-state index in [0.29, 0.717) is 0 Å². The molecular weight excluding hydrogens is 240 g/mol. The van der Waals surface area contributed by atoms with Crippen molar-refractivity contribution in [2.24, 2.45) is 0 Å². The van der Waals surface area contributed by atoms with Crippen molar-refractivity contribution in [3.63, 3.8) is 0 Å². The third-order valence-corrected chi connectivity index (χ3v) is 2.53. The monoisotopic (exact) mass is 252 g/mol. The first-order chi connectivity index (χ1) is 6.50. The molecule has 0 aromatic heterocycles. The molecule has 2 heteroatoms. The molecule has 0 atom stereocenters. The van der Waals surface area contributed by atoms with Crippen molar-refractivity contribution in [2.45, 2.75) is 20.8 Å². The van der Waals surface area contributed by atoms with E-state index in [2.05, 4.69) is 15.9 Å². The number of allylic oxidation sites excluding steroid dienone is 2. The second-order valence-corrected chi connectivity index (χ2v) is 4.31. The van der Waals surface area contributed by atoms with E-state index in [1.54, 1.807) is 13.0 Å². The van der Waals surface area contributed by atoms with Crippen molar-refractivity contribution in [1.29, 1.82) is 0 Å². The van der Waals surface area contributed by atoms with Crippen LogP contribution in [0.15, 0.2) is 28.7 Å². The zero-order chi connectivity index (χ0) is 10.7. The Morgan fingerprint density at radius 3 is 2.50 bits per heavy atom. The summed E-state index contributed by atoms with van der Waals surface area (Å²) in [6, 6.07) is 6.06. The summed E-state index contributed by atoms with van der Waals surface area (Å²) in [5, 5.41) is 0. The van der Waals surface area contributed by atoms with Crippen LogP contribution in [0.25, 0.3) is 5.57 Å². The first-order valence-electron chi connectivity index (χ1n) is 4.46. The molecule has 0 saturated heterocycles. The van der Waals surface area contributed by atoms with Crippen molar-refractivity contribution < 1.29 is 4.79 Å². The molecule has 0 aliphatic carbocycles. The number of rotatable bonds is 2. The SMILES string of the molecule is CC(=O)/C=C(\C)c1ccc(Br)cc1C. The van der Waals surface area contributed by atoms with Gasteiger partial charge in [-0.25, -0.2) is 0 Å². The first-order valence-corrected chi connectivity index (χ1v) is 5.25. The maximum Gasteiger partial charge on any atom is 0.152 e. The number of hydrogen-bond donors (Lipinski definition) is 0. The summed E-state index contributed by atoms with van der Waals surface area (Å²) in [6.45, 7) is 5.56. The number of hydrogen-bond acceptors (Lipinski definition) is 1. The van der Waals surface area contributed by atoms with Gasteiger partial charge in [0.05, 0.1) is 0 Å². The van der Waals surface area contributed by atoms with Crippen molar-refractivity contribution in [3.8, 4) is 0 Å². The molecule has 0 unspecified atom stereocenters. The van der Waals surface area contributed by atoms with Crippen molar-refractivity contribution in [3.05, 3.63) is 39.9 Å². The van der Waals surface area contributed by atoms with E-state index in [1.165, 1.54) is 5.56 Å². The van der Waals surface area contributed by atoms with E-state index in [9.17, 15) is 4.79 Å². The molecule has 1 rings (SSSR count). The van der Waals surface area contributed by atoms with Gasteiger partial charge in [0.25, 0.3) is 0 Å². The van der Waals surface area contributed by atoms with Crippen LogP contribution >= 0.6 is 15.9 Å². The molecule has 1 aromatic carbocycles. The second kappa shape index (κ2) is 4.56. The smallest absolute Gasteiger partial charge is 0.152 e. The van der Waals surface area contributed by atoms with Gasteiger partial charge in [-0.1, -0.05) is 22.0 Å². The fraction of sp³-hybridized carbons (Fsp3) is 0.250. The highest BCUT2D eigenvalue weighted by molar-refractivity contribution is 9.10. The standard InChI is InChI=1S/C12H13BrO/c1-8(6-10(3)14)12-5-4-11(13)7-9(12)2/h4-7H,1-3H3/b8-6+. The maximum absolute atomic E-state index is 10.9. The highest BCUT2D eigenvalue weighted by Gasteiger charge is 2.01. The summed E-state index contributed by atoms with van der Waals surface area (Å²) >= 11 is 3.41. The maximum atomic E-state index is 10.9. The van der Waals surface area contributed by atoms with Crippen LogP contribution in [0.2, 0.25) is 0 Å². The minimum Gasteiger partial charge on any atom is -0.295 e. The Morgan fingerprint density at radius 2 is 2.00 bits per heavy atom. The van der Waals surface area contributed by atoms with E-state index < -0.39 is 0 Å². The van der Waals surface area contributed by atoms with Gasteiger partial charge >= 0.3 is 0 Å². The number of carbonyl (C=O) groups excluding carboxylic acids is 1. The molecule has 0 bridgehead atoms. The zero-order valence-electron chi connectivity index (χ0n) is 8.60. The van der Waals surface area contributed by atoms with Crippen molar-refractivity contribution in [1.82, 2.24) is 0 Å². The van der Waals surface area contributed by atoms with Gasteiger partial charge in [0.2, 0.25) is 0 Å². The van der Waals surface area contributed by atoms with Crippen LogP contribution in [0.5, 0.6) is 0 Å². The van der Waals surface area contributed by atoms with Crippen molar-refractivity contribution in [2.75, 3.05) is 0 Å². The normalized spacial score (nSPS) is 11.6. The molecule has 74 valence electrons. The Balaban J connectivity index is 3.14. The van der Waals surface area contributed by atoms with Crippen molar-refractivity contribution >= 4 is 27.3 Å². The van der Waals surface area contributed by atoms with Crippen LogP contribution in [0, 0.1) is 6.92 Å². The fourth-order valence-electron chi connectivity index (χ4n) is 1.45. The highest BCUT2D eigenvalue weighted by atomic mass is 79.9. The summed E-state index contributed by atoms with van der Waals surface area (Å²) in [4.78, 5) is 10.9. The van der Waals surface area contributed by atoms with Gasteiger partial charge in [0, 0.05) is 4.47 Å². The summed E-state index contributed by atoms with van der Waals surface area (Å²) in [6.07, 6.45) is 1.66. The third-order valence-electron chi connectivity index (χ3n) is 2.03. The lowest BCUT2D eigenvalue weighted by Gasteiger charge is -2.05. The van der Waals surface area contributed by atoms with E-state index in [0.717, 1.165) is 15.6 Å². The third kappa shape index (κ3) is 2.81. The van der Waals surface area contributed by atoms with Crippen LogP contribution in [0.4, 0.5) is 0 Å². The van der Waals surface area contributed by atoms with Gasteiger partial charge in [0.1, 0.15) is 0 Å². The molecule has 1 aromatic rings. The molecule has 0 N–H and O–H groups in total. The van der Waals surface area contributed by atoms with Crippen LogP contribution in [-0.2, 0) is 4.79 Å². The van der Waals surface area contributed by atoms with Gasteiger partial charge in [0.15, 0.2) is 5.78 Å². The Bertz CT molecular complexity index is 391. The molecule has 0 aliphatic heterocycles. The molecule has 1 nitrogen and oxygen atoms in total. The fourth-order valence-corrected chi connectivity index (χ4v) is 1.93. The van der Waals surface area contributed by atoms with E-state index in [4.69, 9.17) is 0 Å². The minimum absolute atomic E-state index is 0.0878. The average Bonchev–Trinajstić information content (AvgIpc) is 2.01. The number of aryl methyl sites for hydroxylation is 1. The highest BCUT2D eigenvalue weighted by Crippen LogP contribution is 2.22. The summed E-state index contributed by atoms with van der Waals surface area (Å²) in [5.74, 6) is 0.0878. The molecule has 0 amide bonds. The summed E-state index contributed by atoms with van der Waals surface area (Å²) < 4.78 is 1.06. The average molecular weight is 253 g/mol. The Morgan fingerprint density at radius 1 is 1.36 bits per heavy atom. The first kappa shape index (κ1) is 11.2. The lowest BCUT2D eigenvalue weighted by Crippen LogP contribution is -1.89.